The molecule has 0 saturated heterocycles. The normalized spacial score (nSPS) is 20.9. The second-order valence-corrected chi connectivity index (χ2v) is 4.97. The van der Waals surface area contributed by atoms with Crippen molar-refractivity contribution in [1.82, 2.24) is 4.90 Å². The van der Waals surface area contributed by atoms with Gasteiger partial charge in [0.2, 0.25) is 0 Å². The molecule has 0 aromatic carbocycles. The molecule has 0 aliphatic carbocycles. The lowest BCUT2D eigenvalue weighted by molar-refractivity contribution is 0.353. The van der Waals surface area contributed by atoms with Gasteiger partial charge in [-0.15, -0.1) is 0 Å². The third-order valence-electron chi connectivity index (χ3n) is 2.22. The zero-order chi connectivity index (χ0) is 10.8. The minimum absolute atomic E-state index is 0.0106. The van der Waals surface area contributed by atoms with Crippen LogP contribution in [0.15, 0.2) is 16.3 Å². The van der Waals surface area contributed by atoms with Gasteiger partial charge in [-0.1, -0.05) is 0 Å². The van der Waals surface area contributed by atoms with Crippen LogP contribution in [0.2, 0.25) is 0 Å². The Labute approximate surface area is 86.7 Å². The summed E-state index contributed by atoms with van der Waals surface area (Å²) in [6.45, 7) is 8.25. The zero-order valence-corrected chi connectivity index (χ0v) is 9.67. The monoisotopic (exact) mass is 195 g/mol. The van der Waals surface area contributed by atoms with Gasteiger partial charge in [0.25, 0.3) is 0 Å². The summed E-state index contributed by atoms with van der Waals surface area (Å²) in [7, 11) is 2.11. The lowest BCUT2D eigenvalue weighted by Crippen LogP contribution is -2.31. The fourth-order valence-corrected chi connectivity index (χ4v) is 1.34. The van der Waals surface area contributed by atoms with E-state index >= 15 is 0 Å². The highest BCUT2D eigenvalue weighted by atomic mass is 15.1. The van der Waals surface area contributed by atoms with E-state index in [-0.39, 0.29) is 5.54 Å². The van der Waals surface area contributed by atoms with Crippen LogP contribution in [0.4, 0.5) is 0 Å². The van der Waals surface area contributed by atoms with Crippen LogP contribution in [0.3, 0.4) is 0 Å². The van der Waals surface area contributed by atoms with Crippen LogP contribution < -0.4 is 5.73 Å². The number of hydrogen-bond acceptors (Lipinski definition) is 3. The summed E-state index contributed by atoms with van der Waals surface area (Å²) >= 11 is 0. The van der Waals surface area contributed by atoms with Gasteiger partial charge < -0.3 is 10.6 Å². The van der Waals surface area contributed by atoms with Crippen molar-refractivity contribution >= 4 is 6.21 Å². The minimum atomic E-state index is -0.0106. The molecule has 3 nitrogen and oxygen atoms in total. The smallest absolute Gasteiger partial charge is 0.0524 e. The van der Waals surface area contributed by atoms with E-state index in [2.05, 4.69) is 37.7 Å². The Balaban J connectivity index is 2.72. The molecule has 1 aliphatic rings. The number of nitrogens with zero attached hydrogens (tertiary/aromatic N) is 2. The second kappa shape index (κ2) is 4.13. The molecule has 0 atom stereocenters. The average Bonchev–Trinajstić information content (AvgIpc) is 2.05. The highest BCUT2D eigenvalue weighted by molar-refractivity contribution is 5.80. The number of aliphatic imine (C=N–C) groups is 1. The molecule has 0 amide bonds. The third-order valence-corrected chi connectivity index (χ3v) is 2.22. The predicted molar refractivity (Wildman–Crippen MR) is 61.6 cm³/mol. The van der Waals surface area contributed by atoms with Crippen molar-refractivity contribution in [2.75, 3.05) is 20.1 Å². The van der Waals surface area contributed by atoms with Gasteiger partial charge in [0.15, 0.2) is 0 Å². The van der Waals surface area contributed by atoms with Crippen LogP contribution in [0.5, 0.6) is 0 Å². The maximum absolute atomic E-state index is 5.93. The first kappa shape index (κ1) is 11.2. The van der Waals surface area contributed by atoms with Crippen molar-refractivity contribution in [1.29, 1.82) is 0 Å². The first-order valence-electron chi connectivity index (χ1n) is 5.10. The summed E-state index contributed by atoms with van der Waals surface area (Å²) in [5.74, 6) is 0. The molecule has 0 radical (unpaired) electrons. The van der Waals surface area contributed by atoms with Gasteiger partial charge in [0, 0.05) is 37.0 Å². The third kappa shape index (κ3) is 3.50. The number of rotatable bonds is 1. The highest BCUT2D eigenvalue weighted by Crippen LogP contribution is 2.12. The highest BCUT2D eigenvalue weighted by Gasteiger charge is 2.13. The van der Waals surface area contributed by atoms with Crippen molar-refractivity contribution in [2.45, 2.75) is 32.7 Å². The number of hydrogen-bond donors (Lipinski definition) is 1. The van der Waals surface area contributed by atoms with Crippen molar-refractivity contribution in [2.24, 2.45) is 10.7 Å². The summed E-state index contributed by atoms with van der Waals surface area (Å²) in [6.07, 6.45) is 2.90. The van der Waals surface area contributed by atoms with Gasteiger partial charge in [0.1, 0.15) is 0 Å². The molecule has 3 heteroatoms. The van der Waals surface area contributed by atoms with E-state index in [0.717, 1.165) is 25.2 Å². The predicted octanol–water partition coefficient (Wildman–Crippen LogP) is 1.40. The summed E-state index contributed by atoms with van der Waals surface area (Å²) in [5.41, 5.74) is 8.09. The van der Waals surface area contributed by atoms with Crippen molar-refractivity contribution in [3.63, 3.8) is 0 Å². The Kier molecular flexibility index (Phi) is 3.32. The first-order chi connectivity index (χ1) is 6.38. The van der Waals surface area contributed by atoms with E-state index in [4.69, 9.17) is 5.73 Å². The van der Waals surface area contributed by atoms with Gasteiger partial charge in [-0.25, -0.2) is 0 Å². The molecule has 2 N–H and O–H groups in total. The van der Waals surface area contributed by atoms with Crippen molar-refractivity contribution < 1.29 is 0 Å². The van der Waals surface area contributed by atoms with Crippen LogP contribution in [-0.2, 0) is 0 Å². The Morgan fingerprint density at radius 1 is 1.43 bits per heavy atom. The maximum Gasteiger partial charge on any atom is 0.0524 e. The molecule has 0 fully saturated rings. The van der Waals surface area contributed by atoms with Crippen LogP contribution in [-0.4, -0.2) is 36.8 Å². The van der Waals surface area contributed by atoms with Crippen molar-refractivity contribution in [3.05, 3.63) is 11.3 Å². The molecule has 0 aromatic rings. The van der Waals surface area contributed by atoms with Gasteiger partial charge in [0.05, 0.1) is 5.54 Å². The molecule has 80 valence electrons. The van der Waals surface area contributed by atoms with E-state index in [1.165, 1.54) is 5.57 Å². The molecular weight excluding hydrogens is 174 g/mol. The SMILES string of the molecule is CN1CCC(N)=C(C=NC(C)(C)C)C1. The lowest BCUT2D eigenvalue weighted by Gasteiger charge is -2.24. The molecular formula is C11H21N3. The molecule has 1 rings (SSSR count). The Morgan fingerprint density at radius 2 is 2.07 bits per heavy atom. The molecule has 14 heavy (non-hydrogen) atoms. The Morgan fingerprint density at radius 3 is 2.64 bits per heavy atom. The fourth-order valence-electron chi connectivity index (χ4n) is 1.34. The molecule has 0 saturated carbocycles. The van der Waals surface area contributed by atoms with E-state index in [1.54, 1.807) is 0 Å². The van der Waals surface area contributed by atoms with E-state index < -0.39 is 0 Å². The van der Waals surface area contributed by atoms with Crippen LogP contribution in [0.1, 0.15) is 27.2 Å². The van der Waals surface area contributed by atoms with E-state index in [0.29, 0.717) is 0 Å². The summed E-state index contributed by atoms with van der Waals surface area (Å²) in [6, 6.07) is 0. The largest absolute Gasteiger partial charge is 0.402 e. The Hall–Kier alpha value is -0.830. The molecule has 0 spiro atoms. The maximum atomic E-state index is 5.93. The first-order valence-corrected chi connectivity index (χ1v) is 5.10. The summed E-state index contributed by atoms with van der Waals surface area (Å²) < 4.78 is 0. The van der Waals surface area contributed by atoms with Crippen LogP contribution >= 0.6 is 0 Å². The molecule has 1 aliphatic heterocycles. The average molecular weight is 195 g/mol. The zero-order valence-electron chi connectivity index (χ0n) is 9.67. The van der Waals surface area contributed by atoms with Crippen LogP contribution in [0.25, 0.3) is 0 Å². The van der Waals surface area contributed by atoms with E-state index in [9.17, 15) is 0 Å². The number of likely N-dealkylation sites (N-methyl/N-ethyl adjacent to an activating group) is 1. The topological polar surface area (TPSA) is 41.6 Å². The van der Waals surface area contributed by atoms with Crippen LogP contribution in [0, 0.1) is 0 Å². The fraction of sp³-hybridized carbons (Fsp3) is 0.727. The van der Waals surface area contributed by atoms with Gasteiger partial charge in [-0.05, 0) is 27.8 Å². The van der Waals surface area contributed by atoms with E-state index in [1.807, 2.05) is 6.21 Å². The van der Waals surface area contributed by atoms with Gasteiger partial charge in [-0.3, -0.25) is 4.99 Å². The van der Waals surface area contributed by atoms with Crippen molar-refractivity contribution in [3.8, 4) is 0 Å². The summed E-state index contributed by atoms with van der Waals surface area (Å²) in [4.78, 5) is 6.74. The second-order valence-electron chi connectivity index (χ2n) is 4.97. The minimum Gasteiger partial charge on any atom is -0.402 e. The summed E-state index contributed by atoms with van der Waals surface area (Å²) in [5, 5.41) is 0. The molecule has 0 aromatic heterocycles. The molecule has 0 unspecified atom stereocenters. The number of nitrogens with two attached hydrogens (primary N) is 1. The lowest BCUT2D eigenvalue weighted by atomic mass is 10.1. The quantitative estimate of drug-likeness (QED) is 0.643. The molecule has 1 heterocycles. The van der Waals surface area contributed by atoms with Gasteiger partial charge >= 0.3 is 0 Å². The Bertz CT molecular complexity index is 258. The van der Waals surface area contributed by atoms with Gasteiger partial charge in [-0.2, -0.15) is 0 Å². The standard InChI is InChI=1S/C11H21N3/c1-11(2,3)13-7-9-8-14(4)6-5-10(9)12/h7H,5-6,8,12H2,1-4H3. The molecule has 0 bridgehead atoms.